The molecule has 0 unspecified atom stereocenters. The second-order valence-electron chi connectivity index (χ2n) is 7.15. The Morgan fingerprint density at radius 1 is 1.31 bits per heavy atom. The minimum atomic E-state index is -0.972. The van der Waals surface area contributed by atoms with E-state index in [0.717, 1.165) is 45.9 Å². The van der Waals surface area contributed by atoms with Crippen LogP contribution in [0.2, 0.25) is 0 Å². The third-order valence-electron chi connectivity index (χ3n) is 5.43. The average molecular weight is 395 g/mol. The standard InChI is InChI=1S/C23H30N4O2/c1-9-17-14(4)18(10-12(2)24-7)26-20(17)11-19-15(5)21(23(28)29)22(27-19)13(3)16(6)25-8/h10-11,24,27H,8-9H2,1-7H3,(H,28,29)/b12-10-,16-13-,20-11-. The molecule has 0 fully saturated rings. The predicted molar refractivity (Wildman–Crippen MR) is 122 cm³/mol. The van der Waals surface area contributed by atoms with Gasteiger partial charge in [-0.05, 0) is 82.2 Å². The first-order chi connectivity index (χ1) is 13.7. The van der Waals surface area contributed by atoms with Crippen LogP contribution >= 0.6 is 0 Å². The van der Waals surface area contributed by atoms with Gasteiger partial charge in [0.15, 0.2) is 0 Å². The molecule has 0 saturated heterocycles. The number of nitrogens with zero attached hydrogens (tertiary/aromatic N) is 2. The number of aromatic carboxylic acids is 1. The van der Waals surface area contributed by atoms with Crippen molar-refractivity contribution in [1.29, 1.82) is 0 Å². The van der Waals surface area contributed by atoms with Crippen LogP contribution in [0, 0.1) is 6.92 Å². The maximum atomic E-state index is 11.9. The molecule has 1 aliphatic heterocycles. The van der Waals surface area contributed by atoms with Gasteiger partial charge in [-0.15, -0.1) is 0 Å². The van der Waals surface area contributed by atoms with E-state index in [9.17, 15) is 9.90 Å². The lowest BCUT2D eigenvalue weighted by molar-refractivity contribution is 0.0696. The average Bonchev–Trinajstić information content (AvgIpc) is 3.17. The molecule has 29 heavy (non-hydrogen) atoms. The van der Waals surface area contributed by atoms with Crippen molar-refractivity contribution < 1.29 is 9.90 Å². The first kappa shape index (κ1) is 22.1. The topological polar surface area (TPSA) is 89.8 Å². The van der Waals surface area contributed by atoms with E-state index < -0.39 is 5.97 Å². The van der Waals surface area contributed by atoms with E-state index in [-0.39, 0.29) is 5.56 Å². The highest BCUT2D eigenvalue weighted by molar-refractivity contribution is 6.12. The fraction of sp³-hybridized carbons (Fsp3) is 0.348. The Bertz CT molecular complexity index is 1010. The van der Waals surface area contributed by atoms with E-state index in [4.69, 9.17) is 4.99 Å². The number of nitrogens with one attached hydrogen (secondary N) is 2. The minimum absolute atomic E-state index is 0.254. The molecule has 1 aliphatic rings. The number of allylic oxidation sites excluding steroid dienone is 6. The highest BCUT2D eigenvalue weighted by Crippen LogP contribution is 2.33. The van der Waals surface area contributed by atoms with Crippen LogP contribution in [-0.4, -0.2) is 35.5 Å². The first-order valence-corrected chi connectivity index (χ1v) is 9.63. The second-order valence-corrected chi connectivity index (χ2v) is 7.15. The largest absolute Gasteiger partial charge is 0.478 e. The Kier molecular flexibility index (Phi) is 6.80. The molecule has 154 valence electrons. The fourth-order valence-corrected chi connectivity index (χ4v) is 3.35. The van der Waals surface area contributed by atoms with Crippen LogP contribution in [0.5, 0.6) is 0 Å². The van der Waals surface area contributed by atoms with Gasteiger partial charge in [-0.2, -0.15) is 0 Å². The number of hydrogen-bond donors (Lipinski definition) is 3. The third-order valence-corrected chi connectivity index (χ3v) is 5.43. The van der Waals surface area contributed by atoms with E-state index in [2.05, 4.69) is 35.9 Å². The van der Waals surface area contributed by atoms with Gasteiger partial charge in [0.25, 0.3) is 0 Å². The molecule has 0 bridgehead atoms. The fourth-order valence-electron chi connectivity index (χ4n) is 3.35. The van der Waals surface area contributed by atoms with Crippen molar-refractivity contribution >= 4 is 30.0 Å². The van der Waals surface area contributed by atoms with Crippen molar-refractivity contribution in [3.63, 3.8) is 0 Å². The SMILES string of the molecule is C=N/C(C)=C(/C)c1[nH]c(/C=C2N=C(/C=C(/C)NC)C(C)=C\2CC)c(C)c1C(=O)O. The van der Waals surface area contributed by atoms with E-state index in [0.29, 0.717) is 17.0 Å². The highest BCUT2D eigenvalue weighted by atomic mass is 16.4. The Morgan fingerprint density at radius 3 is 2.48 bits per heavy atom. The molecule has 6 heteroatoms. The molecular weight excluding hydrogens is 364 g/mol. The molecule has 1 aromatic rings. The quantitative estimate of drug-likeness (QED) is 0.561. The van der Waals surface area contributed by atoms with Crippen LogP contribution in [0.15, 0.2) is 44.3 Å². The lowest BCUT2D eigenvalue weighted by atomic mass is 10.0. The summed E-state index contributed by atoms with van der Waals surface area (Å²) in [5.41, 5.74) is 8.77. The molecule has 1 aromatic heterocycles. The van der Waals surface area contributed by atoms with Crippen molar-refractivity contribution in [2.24, 2.45) is 9.98 Å². The summed E-state index contributed by atoms with van der Waals surface area (Å²) < 4.78 is 0. The molecule has 0 saturated carbocycles. The van der Waals surface area contributed by atoms with E-state index in [1.165, 1.54) is 0 Å². The van der Waals surface area contributed by atoms with Gasteiger partial charge in [0.05, 0.1) is 22.7 Å². The monoisotopic (exact) mass is 394 g/mol. The summed E-state index contributed by atoms with van der Waals surface area (Å²) >= 11 is 0. The molecule has 2 heterocycles. The summed E-state index contributed by atoms with van der Waals surface area (Å²) in [6.45, 7) is 15.2. The smallest absolute Gasteiger partial charge is 0.338 e. The van der Waals surface area contributed by atoms with Gasteiger partial charge in [-0.25, -0.2) is 9.79 Å². The zero-order valence-electron chi connectivity index (χ0n) is 18.3. The first-order valence-electron chi connectivity index (χ1n) is 9.63. The molecule has 6 nitrogen and oxygen atoms in total. The van der Waals surface area contributed by atoms with Crippen molar-refractivity contribution in [1.82, 2.24) is 10.3 Å². The highest BCUT2D eigenvalue weighted by Gasteiger charge is 2.23. The van der Waals surface area contributed by atoms with E-state index in [1.54, 1.807) is 0 Å². The van der Waals surface area contributed by atoms with Crippen LogP contribution in [-0.2, 0) is 0 Å². The molecule has 0 aliphatic carbocycles. The van der Waals surface area contributed by atoms with Crippen LogP contribution in [0.3, 0.4) is 0 Å². The van der Waals surface area contributed by atoms with Crippen molar-refractivity contribution in [3.8, 4) is 0 Å². The molecule has 0 spiro atoms. The number of carboxylic acids is 1. The lowest BCUT2D eigenvalue weighted by Crippen LogP contribution is -2.05. The maximum absolute atomic E-state index is 11.9. The van der Waals surface area contributed by atoms with Gasteiger partial charge in [0, 0.05) is 24.1 Å². The Balaban J connectivity index is 2.68. The van der Waals surface area contributed by atoms with Crippen LogP contribution in [0.25, 0.3) is 11.6 Å². The van der Waals surface area contributed by atoms with Gasteiger partial charge in [0.1, 0.15) is 0 Å². The molecule has 0 amide bonds. The Labute approximate surface area is 172 Å². The summed E-state index contributed by atoms with van der Waals surface area (Å²) in [4.78, 5) is 24.0. The number of aromatic amines is 1. The van der Waals surface area contributed by atoms with Crippen molar-refractivity contribution in [3.05, 3.63) is 56.8 Å². The predicted octanol–water partition coefficient (Wildman–Crippen LogP) is 5.12. The van der Waals surface area contributed by atoms with Crippen LogP contribution < -0.4 is 5.32 Å². The zero-order valence-corrected chi connectivity index (χ0v) is 18.3. The third kappa shape index (κ3) is 4.31. The molecule has 2 rings (SSSR count). The second kappa shape index (κ2) is 8.90. The number of rotatable bonds is 7. The Morgan fingerprint density at radius 2 is 1.97 bits per heavy atom. The van der Waals surface area contributed by atoms with E-state index >= 15 is 0 Å². The van der Waals surface area contributed by atoms with Gasteiger partial charge >= 0.3 is 5.97 Å². The van der Waals surface area contributed by atoms with E-state index in [1.807, 2.05) is 46.9 Å². The summed E-state index contributed by atoms with van der Waals surface area (Å²) in [5.74, 6) is -0.972. The Hall–Kier alpha value is -3.15. The maximum Gasteiger partial charge on any atom is 0.338 e. The van der Waals surface area contributed by atoms with Gasteiger partial charge in [0.2, 0.25) is 0 Å². The number of hydrogen-bond acceptors (Lipinski definition) is 4. The molecule has 3 N–H and O–H groups in total. The van der Waals surface area contributed by atoms with Crippen LogP contribution in [0.1, 0.15) is 68.3 Å². The lowest BCUT2D eigenvalue weighted by Gasteiger charge is -2.03. The number of H-pyrrole nitrogens is 1. The molecular formula is C23H30N4O2. The molecule has 0 atom stereocenters. The zero-order chi connectivity index (χ0) is 21.9. The summed E-state index contributed by atoms with van der Waals surface area (Å²) in [6, 6.07) is 0. The van der Waals surface area contributed by atoms with Gasteiger partial charge < -0.3 is 15.4 Å². The van der Waals surface area contributed by atoms with Crippen LogP contribution in [0.4, 0.5) is 0 Å². The van der Waals surface area contributed by atoms with Gasteiger partial charge in [-0.3, -0.25) is 4.99 Å². The molecule has 0 aromatic carbocycles. The summed E-state index contributed by atoms with van der Waals surface area (Å²) in [6.07, 6.45) is 4.80. The van der Waals surface area contributed by atoms with Gasteiger partial charge in [-0.1, -0.05) is 6.92 Å². The number of carbonyl (C=O) groups is 1. The number of carboxylic acid groups (broad SMARTS) is 1. The normalized spacial score (nSPS) is 16.9. The summed E-state index contributed by atoms with van der Waals surface area (Å²) in [5, 5.41) is 12.9. The number of aliphatic imine (C=N–C) groups is 2. The minimum Gasteiger partial charge on any atom is -0.478 e. The molecule has 0 radical (unpaired) electrons. The van der Waals surface area contributed by atoms with Crippen molar-refractivity contribution in [2.45, 2.75) is 48.0 Å². The summed E-state index contributed by atoms with van der Waals surface area (Å²) in [7, 11) is 1.88. The number of aromatic nitrogens is 1. The van der Waals surface area contributed by atoms with Crippen molar-refractivity contribution in [2.75, 3.05) is 7.05 Å².